The van der Waals surface area contributed by atoms with Gasteiger partial charge in [0.2, 0.25) is 6.41 Å². The molecule has 2 aromatic carbocycles. The molecule has 146 valence electrons. The Balaban J connectivity index is 2.24. The van der Waals surface area contributed by atoms with Crippen molar-refractivity contribution in [2.45, 2.75) is 25.5 Å². The van der Waals surface area contributed by atoms with Gasteiger partial charge in [0.1, 0.15) is 29.7 Å². The average Bonchev–Trinajstić information content (AvgIpc) is 2.63. The summed E-state index contributed by atoms with van der Waals surface area (Å²) in [5, 5.41) is 23.0. The number of quaternary nitrogens is 1. The number of anilines is 1. The quantitative estimate of drug-likeness (QED) is 0.378. The molecule has 27 heavy (non-hydrogen) atoms. The van der Waals surface area contributed by atoms with Gasteiger partial charge in [-0.3, -0.25) is 4.79 Å². The molecule has 0 fully saturated rings. The lowest BCUT2D eigenvalue weighted by atomic mass is 9.89. The van der Waals surface area contributed by atoms with Crippen LogP contribution in [0.3, 0.4) is 0 Å². The Morgan fingerprint density at radius 2 is 1.81 bits per heavy atom. The van der Waals surface area contributed by atoms with Gasteiger partial charge in [0.25, 0.3) is 0 Å². The molecule has 2 aromatic rings. The molecule has 6 heteroatoms. The van der Waals surface area contributed by atoms with E-state index in [1.54, 1.807) is 19.2 Å². The van der Waals surface area contributed by atoms with Crippen molar-refractivity contribution in [1.29, 1.82) is 0 Å². The Morgan fingerprint density at radius 1 is 1.19 bits per heavy atom. The van der Waals surface area contributed by atoms with Gasteiger partial charge in [-0.15, -0.1) is 0 Å². The Bertz CT molecular complexity index is 785. The van der Waals surface area contributed by atoms with E-state index in [-0.39, 0.29) is 17.0 Å². The maximum Gasteiger partial charge on any atom is 0.211 e. The fraction of sp³-hybridized carbons (Fsp3) is 0.381. The summed E-state index contributed by atoms with van der Waals surface area (Å²) < 4.78 is 5.76. The van der Waals surface area contributed by atoms with E-state index >= 15 is 0 Å². The Morgan fingerprint density at radius 3 is 2.37 bits per heavy atom. The molecule has 1 unspecified atom stereocenters. The number of likely N-dealkylation sites (N-methyl/N-ethyl adjacent to an activating group) is 1. The molecule has 2 rings (SSSR count). The number of nitrogens with zero attached hydrogens (tertiary/aromatic N) is 1. The lowest BCUT2D eigenvalue weighted by Gasteiger charge is -2.46. The summed E-state index contributed by atoms with van der Waals surface area (Å²) in [6.07, 6.45) is -0.261. The largest absolute Gasteiger partial charge is 0.506 e. The molecule has 0 aliphatic rings. The Labute approximate surface area is 160 Å². The highest BCUT2D eigenvalue weighted by Gasteiger charge is 2.40. The predicted octanol–water partition coefficient (Wildman–Crippen LogP) is 3.01. The SMILES string of the molecule is COc1ccc(C(C)(C)[N+](C)(C)CC(O)c2ccc(O)c(NC=O)c2)cc1. The van der Waals surface area contributed by atoms with Crippen molar-refractivity contribution in [2.24, 2.45) is 0 Å². The molecule has 0 aromatic heterocycles. The smallest absolute Gasteiger partial charge is 0.211 e. The van der Waals surface area contributed by atoms with Crippen LogP contribution in [0.5, 0.6) is 11.5 Å². The van der Waals surface area contributed by atoms with Gasteiger partial charge in [-0.05, 0) is 55.8 Å². The van der Waals surface area contributed by atoms with E-state index in [0.29, 0.717) is 23.0 Å². The second-order valence-electron chi connectivity index (χ2n) is 7.71. The first-order valence-corrected chi connectivity index (χ1v) is 8.81. The molecule has 1 atom stereocenters. The van der Waals surface area contributed by atoms with Crippen LogP contribution in [-0.4, -0.2) is 48.9 Å². The van der Waals surface area contributed by atoms with Crippen molar-refractivity contribution in [3.8, 4) is 11.5 Å². The van der Waals surface area contributed by atoms with Crippen LogP contribution in [0.2, 0.25) is 0 Å². The number of aromatic hydroxyl groups is 1. The number of carbonyl (C=O) groups is 1. The summed E-state index contributed by atoms with van der Waals surface area (Å²) in [4.78, 5) is 10.7. The van der Waals surface area contributed by atoms with Crippen molar-refractivity contribution >= 4 is 12.1 Å². The zero-order chi connectivity index (χ0) is 20.2. The molecule has 0 saturated carbocycles. The van der Waals surface area contributed by atoms with Gasteiger partial charge in [-0.1, -0.05) is 6.07 Å². The van der Waals surface area contributed by atoms with Gasteiger partial charge >= 0.3 is 0 Å². The van der Waals surface area contributed by atoms with E-state index in [4.69, 9.17) is 4.74 Å². The Hall–Kier alpha value is -2.57. The molecular weight excluding hydrogens is 344 g/mol. The number of hydrogen-bond donors (Lipinski definition) is 3. The minimum Gasteiger partial charge on any atom is -0.506 e. The van der Waals surface area contributed by atoms with Crippen LogP contribution >= 0.6 is 0 Å². The third-order valence-electron chi connectivity index (χ3n) is 5.56. The molecule has 0 spiro atoms. The van der Waals surface area contributed by atoms with E-state index in [1.807, 2.05) is 24.3 Å². The number of hydrogen-bond acceptors (Lipinski definition) is 4. The summed E-state index contributed by atoms with van der Waals surface area (Å²) in [6, 6.07) is 12.7. The van der Waals surface area contributed by atoms with Gasteiger partial charge in [-0.25, -0.2) is 0 Å². The fourth-order valence-corrected chi connectivity index (χ4v) is 3.05. The number of nitrogens with one attached hydrogen (secondary N) is 1. The zero-order valence-electron chi connectivity index (χ0n) is 16.6. The summed E-state index contributed by atoms with van der Waals surface area (Å²) in [7, 11) is 5.78. The number of benzene rings is 2. The van der Waals surface area contributed by atoms with Crippen LogP contribution in [0.1, 0.15) is 31.1 Å². The number of phenols is 1. The summed E-state index contributed by atoms with van der Waals surface area (Å²) >= 11 is 0. The van der Waals surface area contributed by atoms with Crippen LogP contribution in [0.4, 0.5) is 5.69 Å². The predicted molar refractivity (Wildman–Crippen MR) is 106 cm³/mol. The number of amides is 1. The van der Waals surface area contributed by atoms with Crippen LogP contribution in [0.25, 0.3) is 0 Å². The van der Waals surface area contributed by atoms with Crippen molar-refractivity contribution < 1.29 is 24.2 Å². The van der Waals surface area contributed by atoms with Gasteiger partial charge in [-0.2, -0.15) is 0 Å². The first-order valence-electron chi connectivity index (χ1n) is 8.81. The highest BCUT2D eigenvalue weighted by Crippen LogP contribution is 2.35. The van der Waals surface area contributed by atoms with Gasteiger partial charge < -0.3 is 24.7 Å². The number of rotatable bonds is 8. The molecule has 0 bridgehead atoms. The van der Waals surface area contributed by atoms with Gasteiger partial charge in [0.05, 0.1) is 26.9 Å². The molecule has 0 radical (unpaired) electrons. The third kappa shape index (κ3) is 4.40. The standard InChI is InChI=1S/C21H28N2O4/c1-21(2,16-7-9-17(27-5)10-8-16)23(3,4)13-20(26)15-6-11-19(25)18(12-15)22-14-24/h6-12,14,20,26H,13H2,1-5H3,(H-,22,24,25)/p+1. The van der Waals surface area contributed by atoms with Crippen LogP contribution in [0, 0.1) is 0 Å². The van der Waals surface area contributed by atoms with Crippen molar-refractivity contribution in [1.82, 2.24) is 0 Å². The first-order chi connectivity index (χ1) is 12.6. The second-order valence-corrected chi connectivity index (χ2v) is 7.71. The van der Waals surface area contributed by atoms with E-state index in [1.165, 1.54) is 6.07 Å². The molecule has 0 saturated heterocycles. The number of aliphatic hydroxyl groups is 1. The van der Waals surface area contributed by atoms with Gasteiger partial charge in [0.15, 0.2) is 0 Å². The average molecular weight is 373 g/mol. The van der Waals surface area contributed by atoms with Crippen LogP contribution in [-0.2, 0) is 10.3 Å². The molecule has 6 nitrogen and oxygen atoms in total. The maximum absolute atomic E-state index is 10.8. The molecule has 3 N–H and O–H groups in total. The summed E-state index contributed by atoms with van der Waals surface area (Å²) in [6.45, 7) is 4.72. The third-order valence-corrected chi connectivity index (χ3v) is 5.56. The molecule has 0 heterocycles. The number of methoxy groups -OCH3 is 1. The van der Waals surface area contributed by atoms with Crippen molar-refractivity contribution in [2.75, 3.05) is 33.1 Å². The number of aliphatic hydroxyl groups excluding tert-OH is 1. The molecule has 0 aliphatic carbocycles. The van der Waals surface area contributed by atoms with Crippen LogP contribution < -0.4 is 10.1 Å². The normalized spacial score (nSPS) is 13.1. The molecule has 1 amide bonds. The maximum atomic E-state index is 10.8. The lowest BCUT2D eigenvalue weighted by molar-refractivity contribution is -0.948. The number of phenolic OH excluding ortho intramolecular Hbond substituents is 1. The monoisotopic (exact) mass is 373 g/mol. The second kappa shape index (κ2) is 7.98. The van der Waals surface area contributed by atoms with Crippen molar-refractivity contribution in [3.05, 3.63) is 53.6 Å². The minimum absolute atomic E-state index is 0.0367. The lowest BCUT2D eigenvalue weighted by Crippen LogP contribution is -2.55. The van der Waals surface area contributed by atoms with Crippen LogP contribution in [0.15, 0.2) is 42.5 Å². The molecular formula is C21H29N2O4+. The minimum atomic E-state index is -0.759. The highest BCUT2D eigenvalue weighted by atomic mass is 16.5. The molecule has 0 aliphatic heterocycles. The van der Waals surface area contributed by atoms with Crippen molar-refractivity contribution in [3.63, 3.8) is 0 Å². The van der Waals surface area contributed by atoms with E-state index in [0.717, 1.165) is 11.3 Å². The van der Waals surface area contributed by atoms with Gasteiger partial charge in [0, 0.05) is 5.56 Å². The fourth-order valence-electron chi connectivity index (χ4n) is 3.05. The number of ether oxygens (including phenoxy) is 1. The van der Waals surface area contributed by atoms with E-state index in [2.05, 4.69) is 33.3 Å². The van der Waals surface area contributed by atoms with E-state index in [9.17, 15) is 15.0 Å². The topological polar surface area (TPSA) is 78.8 Å². The summed E-state index contributed by atoms with van der Waals surface area (Å²) in [5.74, 6) is 0.768. The van der Waals surface area contributed by atoms with E-state index < -0.39 is 6.10 Å². The number of carbonyl (C=O) groups excluding carboxylic acids is 1. The Kier molecular flexibility index (Phi) is 6.13. The highest BCUT2D eigenvalue weighted by molar-refractivity contribution is 5.75. The zero-order valence-corrected chi connectivity index (χ0v) is 16.6. The summed E-state index contributed by atoms with van der Waals surface area (Å²) in [5.41, 5.74) is 1.78. The first kappa shape index (κ1) is 20.7.